The molecule has 96 valence electrons. The highest BCUT2D eigenvalue weighted by Gasteiger charge is 2.48. The van der Waals surface area contributed by atoms with Crippen molar-refractivity contribution in [3.8, 4) is 0 Å². The van der Waals surface area contributed by atoms with Crippen LogP contribution in [-0.4, -0.2) is 43.4 Å². The first-order valence-corrected chi connectivity index (χ1v) is 5.04. The van der Waals surface area contributed by atoms with Crippen LogP contribution in [0.4, 0.5) is 8.78 Å². The maximum Gasteiger partial charge on any atom is 0.379 e. The maximum absolute atomic E-state index is 13.2. The minimum absolute atomic E-state index is 0.0437. The second kappa shape index (κ2) is 6.75. The van der Waals surface area contributed by atoms with E-state index in [1.54, 1.807) is 13.8 Å². The van der Waals surface area contributed by atoms with Crippen molar-refractivity contribution in [2.24, 2.45) is 5.92 Å². The fourth-order valence-corrected chi connectivity index (χ4v) is 1.04. The van der Waals surface area contributed by atoms with Crippen LogP contribution < -0.4 is 0 Å². The number of hydrogen-bond donors (Lipinski definition) is 1. The van der Waals surface area contributed by atoms with E-state index in [0.717, 1.165) is 0 Å². The Hall–Kier alpha value is -0.750. The molecule has 0 aliphatic heterocycles. The second-order valence-corrected chi connectivity index (χ2v) is 3.90. The van der Waals surface area contributed by atoms with Crippen molar-refractivity contribution in [2.45, 2.75) is 32.3 Å². The predicted octanol–water partition coefficient (Wildman–Crippen LogP) is 1.22. The van der Waals surface area contributed by atoms with E-state index in [-0.39, 0.29) is 25.6 Å². The molecule has 0 aromatic carbocycles. The van der Waals surface area contributed by atoms with Crippen molar-refractivity contribution in [3.63, 3.8) is 0 Å². The van der Waals surface area contributed by atoms with Gasteiger partial charge in [0.15, 0.2) is 0 Å². The van der Waals surface area contributed by atoms with Crippen LogP contribution in [0.3, 0.4) is 0 Å². The van der Waals surface area contributed by atoms with E-state index in [2.05, 4.69) is 9.47 Å². The van der Waals surface area contributed by atoms with Crippen LogP contribution in [0.25, 0.3) is 0 Å². The number of alkyl halides is 2. The van der Waals surface area contributed by atoms with Crippen LogP contribution in [0.2, 0.25) is 0 Å². The van der Waals surface area contributed by atoms with Crippen LogP contribution in [0.15, 0.2) is 0 Å². The van der Waals surface area contributed by atoms with E-state index in [1.807, 2.05) is 0 Å². The molecule has 0 bridgehead atoms. The molecule has 1 unspecified atom stereocenters. The zero-order chi connectivity index (χ0) is 12.8. The third kappa shape index (κ3) is 4.85. The molecule has 0 heterocycles. The van der Waals surface area contributed by atoms with Crippen molar-refractivity contribution in [1.29, 1.82) is 0 Å². The van der Waals surface area contributed by atoms with Gasteiger partial charge in [0.25, 0.3) is 0 Å². The molecule has 0 rings (SSSR count). The minimum Gasteiger partial charge on any atom is -0.459 e. The Kier molecular flexibility index (Phi) is 6.43. The normalized spacial score (nSPS) is 13.9. The van der Waals surface area contributed by atoms with E-state index in [4.69, 9.17) is 0 Å². The van der Waals surface area contributed by atoms with E-state index < -0.39 is 18.0 Å². The lowest BCUT2D eigenvalue weighted by molar-refractivity contribution is -0.191. The molecule has 0 radical (unpaired) electrons. The summed E-state index contributed by atoms with van der Waals surface area (Å²) in [6.45, 7) is 3.15. The first-order chi connectivity index (χ1) is 7.32. The summed E-state index contributed by atoms with van der Waals surface area (Å²) >= 11 is 0. The van der Waals surface area contributed by atoms with Gasteiger partial charge in [-0.15, -0.1) is 0 Å². The molecular weight excluding hydrogens is 222 g/mol. The number of aliphatic hydroxyl groups excluding tert-OH is 1. The molecule has 0 fully saturated rings. The smallest absolute Gasteiger partial charge is 0.379 e. The first kappa shape index (κ1) is 15.2. The molecule has 0 saturated carbocycles. The molecule has 0 spiro atoms. The minimum atomic E-state index is -3.86. The lowest BCUT2D eigenvalue weighted by Crippen LogP contribution is -2.43. The lowest BCUT2D eigenvalue weighted by Gasteiger charge is -2.22. The summed E-state index contributed by atoms with van der Waals surface area (Å²) in [4.78, 5) is 11.0. The number of esters is 1. The third-order valence-corrected chi connectivity index (χ3v) is 1.91. The molecule has 6 heteroatoms. The van der Waals surface area contributed by atoms with Gasteiger partial charge in [0, 0.05) is 7.11 Å². The molecule has 0 saturated heterocycles. The Morgan fingerprint density at radius 2 is 1.94 bits per heavy atom. The summed E-state index contributed by atoms with van der Waals surface area (Å²) in [5.41, 5.74) is 0. The van der Waals surface area contributed by atoms with Gasteiger partial charge in [0.2, 0.25) is 0 Å². The quantitative estimate of drug-likeness (QED) is 0.537. The van der Waals surface area contributed by atoms with Gasteiger partial charge in [-0.2, -0.15) is 8.78 Å². The molecule has 1 atom stereocenters. The highest BCUT2D eigenvalue weighted by molar-refractivity contribution is 5.78. The van der Waals surface area contributed by atoms with E-state index in [0.29, 0.717) is 0 Å². The number of ether oxygens (including phenoxy) is 2. The van der Waals surface area contributed by atoms with Crippen molar-refractivity contribution in [3.05, 3.63) is 0 Å². The van der Waals surface area contributed by atoms with Gasteiger partial charge < -0.3 is 14.6 Å². The Bertz CT molecular complexity index is 219. The van der Waals surface area contributed by atoms with Crippen molar-refractivity contribution >= 4 is 5.97 Å². The summed E-state index contributed by atoms with van der Waals surface area (Å²) in [5, 5.41) is 9.19. The number of rotatable bonds is 7. The van der Waals surface area contributed by atoms with Gasteiger partial charge in [-0.3, -0.25) is 0 Å². The lowest BCUT2D eigenvalue weighted by atomic mass is 10.0. The molecule has 1 N–H and O–H groups in total. The van der Waals surface area contributed by atoms with E-state index in [1.165, 1.54) is 7.11 Å². The maximum atomic E-state index is 13.2. The number of aliphatic hydroxyl groups is 1. The zero-order valence-electron chi connectivity index (χ0n) is 9.70. The fraction of sp³-hybridized carbons (Fsp3) is 0.900. The van der Waals surface area contributed by atoms with E-state index >= 15 is 0 Å². The Balaban J connectivity index is 4.23. The summed E-state index contributed by atoms with van der Waals surface area (Å²) in [6.07, 6.45) is -2.17. The van der Waals surface area contributed by atoms with Crippen molar-refractivity contribution < 1.29 is 28.2 Å². The average molecular weight is 240 g/mol. The largest absolute Gasteiger partial charge is 0.459 e. The zero-order valence-corrected chi connectivity index (χ0v) is 9.70. The Morgan fingerprint density at radius 3 is 2.38 bits per heavy atom. The number of carbonyl (C=O) groups excluding carboxylic acids is 1. The van der Waals surface area contributed by atoms with Crippen LogP contribution in [0, 0.1) is 5.92 Å². The third-order valence-electron chi connectivity index (χ3n) is 1.91. The van der Waals surface area contributed by atoms with Gasteiger partial charge in [0.05, 0.1) is 6.61 Å². The predicted molar refractivity (Wildman–Crippen MR) is 53.2 cm³/mol. The number of hydrogen-bond acceptors (Lipinski definition) is 4. The number of methoxy groups -OCH3 is 1. The van der Waals surface area contributed by atoms with Crippen LogP contribution in [-0.2, 0) is 14.3 Å². The Morgan fingerprint density at radius 1 is 1.38 bits per heavy atom. The van der Waals surface area contributed by atoms with Gasteiger partial charge in [-0.05, 0) is 12.3 Å². The molecule has 0 aliphatic rings. The average Bonchev–Trinajstić information content (AvgIpc) is 2.16. The van der Waals surface area contributed by atoms with Crippen molar-refractivity contribution in [2.75, 3.05) is 20.3 Å². The van der Waals surface area contributed by atoms with Crippen molar-refractivity contribution in [1.82, 2.24) is 0 Å². The fourth-order valence-electron chi connectivity index (χ4n) is 1.04. The summed E-state index contributed by atoms with van der Waals surface area (Å²) < 4.78 is 35.3. The standard InChI is InChI=1S/C10H18F2O4/c1-7(2)6-8(13)10(11,12)9(14)16-5-4-15-3/h7-8,13H,4-6H2,1-3H3. The SMILES string of the molecule is COCCOC(=O)C(F)(F)C(O)CC(C)C. The monoisotopic (exact) mass is 240 g/mol. The van der Waals surface area contributed by atoms with Crippen LogP contribution in [0.5, 0.6) is 0 Å². The van der Waals surface area contributed by atoms with Gasteiger partial charge >= 0.3 is 11.9 Å². The molecule has 0 aromatic heterocycles. The molecule has 0 amide bonds. The van der Waals surface area contributed by atoms with Gasteiger partial charge in [-0.1, -0.05) is 13.8 Å². The van der Waals surface area contributed by atoms with Gasteiger partial charge in [0.1, 0.15) is 12.7 Å². The molecule has 16 heavy (non-hydrogen) atoms. The topological polar surface area (TPSA) is 55.8 Å². The summed E-state index contributed by atoms with van der Waals surface area (Å²) in [6, 6.07) is 0. The second-order valence-electron chi connectivity index (χ2n) is 3.90. The molecule has 4 nitrogen and oxygen atoms in total. The van der Waals surface area contributed by atoms with Crippen LogP contribution in [0.1, 0.15) is 20.3 Å². The summed E-state index contributed by atoms with van der Waals surface area (Å²) in [7, 11) is 1.36. The molecular formula is C10H18F2O4. The van der Waals surface area contributed by atoms with Crippen LogP contribution >= 0.6 is 0 Å². The van der Waals surface area contributed by atoms with Gasteiger partial charge in [-0.25, -0.2) is 4.79 Å². The highest BCUT2D eigenvalue weighted by Crippen LogP contribution is 2.25. The Labute approximate surface area is 93.5 Å². The molecule has 0 aliphatic carbocycles. The number of halogens is 2. The highest BCUT2D eigenvalue weighted by atomic mass is 19.3. The van der Waals surface area contributed by atoms with E-state index in [9.17, 15) is 18.7 Å². The molecule has 0 aromatic rings. The summed E-state index contributed by atoms with van der Waals surface area (Å²) in [5.74, 6) is -5.71. The number of carbonyl (C=O) groups is 1. The first-order valence-electron chi connectivity index (χ1n) is 5.04.